The molecule has 1 atom stereocenters. The molecule has 150 valence electrons. The maximum absolute atomic E-state index is 12.8. The molecule has 1 aliphatic heterocycles. The molecule has 0 bridgehead atoms. The van der Waals surface area contributed by atoms with Crippen LogP contribution < -0.4 is 5.32 Å². The maximum atomic E-state index is 12.8. The maximum Gasteiger partial charge on any atom is 0.275 e. The number of aromatic nitrogens is 1. The van der Waals surface area contributed by atoms with E-state index in [1.165, 1.54) is 34.8 Å². The zero-order valence-electron chi connectivity index (χ0n) is 15.0. The number of pyridine rings is 1. The minimum absolute atomic E-state index is 0.0423. The van der Waals surface area contributed by atoms with Crippen LogP contribution in [0.1, 0.15) is 30.3 Å². The van der Waals surface area contributed by atoms with Crippen molar-refractivity contribution in [1.82, 2.24) is 9.29 Å². The summed E-state index contributed by atoms with van der Waals surface area (Å²) in [5, 5.41) is 2.75. The van der Waals surface area contributed by atoms with E-state index >= 15 is 0 Å². The number of hydrogen-bond acceptors (Lipinski definition) is 4. The molecule has 0 aliphatic carbocycles. The second kappa shape index (κ2) is 8.55. The van der Waals surface area contributed by atoms with Crippen molar-refractivity contribution in [1.29, 1.82) is 0 Å². The Morgan fingerprint density at radius 2 is 1.86 bits per heavy atom. The number of sulfonamides is 1. The Kier molecular flexibility index (Phi) is 6.51. The van der Waals surface area contributed by atoms with E-state index in [0.717, 1.165) is 12.8 Å². The molecule has 1 N–H and O–H groups in total. The van der Waals surface area contributed by atoms with Gasteiger partial charge in [-0.05, 0) is 43.0 Å². The molecule has 1 amide bonds. The van der Waals surface area contributed by atoms with E-state index < -0.39 is 15.9 Å². The number of anilines is 1. The van der Waals surface area contributed by atoms with Crippen LogP contribution >= 0.6 is 34.8 Å². The SMILES string of the molecule is CC1CCCN(S(=O)(=O)c2ccc(NC(=O)c3ncc(Cl)c(Cl)c3Cl)cc2)C1. The number of benzene rings is 1. The Morgan fingerprint density at radius 3 is 2.50 bits per heavy atom. The van der Waals surface area contributed by atoms with Crippen molar-refractivity contribution < 1.29 is 13.2 Å². The molecule has 28 heavy (non-hydrogen) atoms. The van der Waals surface area contributed by atoms with Crippen molar-refractivity contribution in [3.8, 4) is 0 Å². The summed E-state index contributed by atoms with van der Waals surface area (Å²) in [5.74, 6) is -0.241. The van der Waals surface area contributed by atoms with Gasteiger partial charge in [-0.25, -0.2) is 13.4 Å². The molecule has 6 nitrogen and oxygen atoms in total. The van der Waals surface area contributed by atoms with Crippen molar-refractivity contribution in [2.45, 2.75) is 24.7 Å². The van der Waals surface area contributed by atoms with Crippen LogP contribution in [0.5, 0.6) is 0 Å². The van der Waals surface area contributed by atoms with Crippen LogP contribution in [0.4, 0.5) is 5.69 Å². The van der Waals surface area contributed by atoms with Gasteiger partial charge in [0.2, 0.25) is 10.0 Å². The van der Waals surface area contributed by atoms with Gasteiger partial charge in [0.25, 0.3) is 5.91 Å². The van der Waals surface area contributed by atoms with E-state index in [-0.39, 0.29) is 25.7 Å². The lowest BCUT2D eigenvalue weighted by Gasteiger charge is -2.30. The molecule has 0 spiro atoms. The van der Waals surface area contributed by atoms with E-state index in [0.29, 0.717) is 24.7 Å². The Balaban J connectivity index is 1.76. The third kappa shape index (κ3) is 4.44. The third-order valence-corrected chi connectivity index (χ3v) is 7.62. The van der Waals surface area contributed by atoms with Crippen LogP contribution in [-0.4, -0.2) is 36.7 Å². The van der Waals surface area contributed by atoms with Gasteiger partial charge in [0.05, 0.1) is 20.0 Å². The number of piperidine rings is 1. The van der Waals surface area contributed by atoms with Crippen molar-refractivity contribution in [2.75, 3.05) is 18.4 Å². The van der Waals surface area contributed by atoms with Crippen LogP contribution in [-0.2, 0) is 10.0 Å². The first-order valence-corrected chi connectivity index (χ1v) is 11.2. The van der Waals surface area contributed by atoms with Gasteiger partial charge in [0, 0.05) is 25.0 Å². The first kappa shape index (κ1) is 21.3. The minimum Gasteiger partial charge on any atom is -0.321 e. The summed E-state index contributed by atoms with van der Waals surface area (Å²) >= 11 is 17.8. The van der Waals surface area contributed by atoms with E-state index in [4.69, 9.17) is 34.8 Å². The predicted molar refractivity (Wildman–Crippen MR) is 111 cm³/mol. The van der Waals surface area contributed by atoms with Gasteiger partial charge in [-0.15, -0.1) is 0 Å². The highest BCUT2D eigenvalue weighted by atomic mass is 35.5. The van der Waals surface area contributed by atoms with Crippen LogP contribution in [0.3, 0.4) is 0 Å². The third-order valence-electron chi connectivity index (χ3n) is 4.50. The number of hydrogen-bond donors (Lipinski definition) is 1. The number of carbonyl (C=O) groups is 1. The lowest BCUT2D eigenvalue weighted by atomic mass is 10.0. The van der Waals surface area contributed by atoms with E-state index in [2.05, 4.69) is 10.3 Å². The summed E-state index contributed by atoms with van der Waals surface area (Å²) < 4.78 is 27.1. The van der Waals surface area contributed by atoms with Gasteiger partial charge in [0.1, 0.15) is 5.69 Å². The molecule has 1 aromatic carbocycles. The minimum atomic E-state index is -3.55. The Hall–Kier alpha value is -1.38. The Labute approximate surface area is 178 Å². The van der Waals surface area contributed by atoms with Gasteiger partial charge in [0.15, 0.2) is 0 Å². The van der Waals surface area contributed by atoms with Crippen molar-refractivity contribution in [3.05, 3.63) is 51.2 Å². The molecule has 1 aliphatic rings. The normalized spacial score (nSPS) is 18.1. The van der Waals surface area contributed by atoms with E-state index in [1.54, 1.807) is 0 Å². The zero-order valence-corrected chi connectivity index (χ0v) is 18.0. The summed E-state index contributed by atoms with van der Waals surface area (Å²) in [6.45, 7) is 3.08. The highest BCUT2D eigenvalue weighted by Crippen LogP contribution is 2.31. The average Bonchev–Trinajstić information content (AvgIpc) is 2.66. The second-order valence-corrected chi connectivity index (χ2v) is 9.77. The second-order valence-electron chi connectivity index (χ2n) is 6.67. The quantitative estimate of drug-likeness (QED) is 0.713. The number of halogens is 3. The molecule has 1 saturated heterocycles. The van der Waals surface area contributed by atoms with Crippen LogP contribution in [0.2, 0.25) is 15.1 Å². The number of nitrogens with one attached hydrogen (secondary N) is 1. The first-order chi connectivity index (χ1) is 13.2. The fraction of sp³-hybridized carbons (Fsp3) is 0.333. The largest absolute Gasteiger partial charge is 0.321 e. The molecule has 1 unspecified atom stereocenters. The molecule has 2 aromatic rings. The number of rotatable bonds is 4. The average molecular weight is 463 g/mol. The van der Waals surface area contributed by atoms with Gasteiger partial charge in [-0.1, -0.05) is 41.7 Å². The molecule has 2 heterocycles. The molecular weight excluding hydrogens is 445 g/mol. The van der Waals surface area contributed by atoms with Gasteiger partial charge < -0.3 is 5.32 Å². The molecule has 3 rings (SSSR count). The molecule has 1 aromatic heterocycles. The van der Waals surface area contributed by atoms with Crippen molar-refractivity contribution >= 4 is 56.4 Å². The number of carbonyl (C=O) groups excluding carboxylic acids is 1. The summed E-state index contributed by atoms with van der Waals surface area (Å²) in [4.78, 5) is 16.5. The van der Waals surface area contributed by atoms with Crippen LogP contribution in [0.15, 0.2) is 35.4 Å². The Bertz CT molecular complexity index is 997. The fourth-order valence-corrected chi connectivity index (χ4v) is 5.18. The first-order valence-electron chi connectivity index (χ1n) is 8.61. The standard InChI is InChI=1S/C18H18Cl3N3O3S/c1-11-3-2-8-24(10-11)28(26,27)13-6-4-12(5-7-13)23-18(25)17-16(21)15(20)14(19)9-22-17/h4-7,9,11H,2-3,8,10H2,1H3,(H,23,25). The van der Waals surface area contributed by atoms with Gasteiger partial charge in [-0.3, -0.25) is 4.79 Å². The zero-order chi connectivity index (χ0) is 20.5. The Morgan fingerprint density at radius 1 is 1.18 bits per heavy atom. The molecule has 0 saturated carbocycles. The highest BCUT2D eigenvalue weighted by molar-refractivity contribution is 7.89. The predicted octanol–water partition coefficient (Wildman–Crippen LogP) is 4.71. The van der Waals surface area contributed by atoms with Gasteiger partial charge >= 0.3 is 0 Å². The summed E-state index contributed by atoms with van der Waals surface area (Å²) in [6, 6.07) is 5.97. The van der Waals surface area contributed by atoms with Gasteiger partial charge in [-0.2, -0.15) is 4.31 Å². The summed E-state index contributed by atoms with van der Waals surface area (Å²) in [6.07, 6.45) is 3.12. The number of nitrogens with zero attached hydrogens (tertiary/aromatic N) is 2. The monoisotopic (exact) mass is 461 g/mol. The lowest BCUT2D eigenvalue weighted by Crippen LogP contribution is -2.39. The molecule has 0 radical (unpaired) electrons. The van der Waals surface area contributed by atoms with E-state index in [9.17, 15) is 13.2 Å². The molecular formula is C18H18Cl3N3O3S. The molecule has 10 heteroatoms. The molecule has 1 fully saturated rings. The summed E-state index contributed by atoms with van der Waals surface area (Å²) in [5.41, 5.74) is 0.329. The van der Waals surface area contributed by atoms with Crippen LogP contribution in [0.25, 0.3) is 0 Å². The number of amides is 1. The van der Waals surface area contributed by atoms with Crippen LogP contribution in [0, 0.1) is 5.92 Å². The topological polar surface area (TPSA) is 79.4 Å². The summed E-state index contributed by atoms with van der Waals surface area (Å²) in [7, 11) is -3.55. The van der Waals surface area contributed by atoms with E-state index in [1.807, 2.05) is 6.92 Å². The van der Waals surface area contributed by atoms with Crippen molar-refractivity contribution in [3.63, 3.8) is 0 Å². The lowest BCUT2D eigenvalue weighted by molar-refractivity contribution is 0.102. The highest BCUT2D eigenvalue weighted by Gasteiger charge is 2.28. The van der Waals surface area contributed by atoms with Crippen molar-refractivity contribution in [2.24, 2.45) is 5.92 Å². The fourth-order valence-electron chi connectivity index (χ4n) is 3.02. The smallest absolute Gasteiger partial charge is 0.275 e.